The number of halogens is 2. The Hall–Kier alpha value is -1.14. The number of carbonyl (C=O) groups is 1. The molecule has 0 aliphatic carbocycles. The minimum atomic E-state index is -0.198. The quantitative estimate of drug-likeness (QED) is 0.834. The van der Waals surface area contributed by atoms with Crippen molar-refractivity contribution in [2.45, 2.75) is 0 Å². The van der Waals surface area contributed by atoms with Crippen molar-refractivity contribution in [3.63, 3.8) is 0 Å². The van der Waals surface area contributed by atoms with Crippen LogP contribution >= 0.6 is 34.2 Å². The van der Waals surface area contributed by atoms with E-state index in [0.717, 1.165) is 3.57 Å². The number of aromatic nitrogens is 1. The van der Waals surface area contributed by atoms with Crippen molar-refractivity contribution in [3.8, 4) is 0 Å². The molecule has 0 fully saturated rings. The molecule has 0 bridgehead atoms. The number of hydrogen-bond donors (Lipinski definition) is 1. The van der Waals surface area contributed by atoms with Crippen LogP contribution < -0.4 is 5.32 Å². The van der Waals surface area contributed by atoms with Gasteiger partial charge in [-0.2, -0.15) is 0 Å². The van der Waals surface area contributed by atoms with Gasteiger partial charge in [-0.25, -0.2) is 4.98 Å². The summed E-state index contributed by atoms with van der Waals surface area (Å²) in [6, 6.07) is 10.5. The lowest BCUT2D eigenvalue weighted by molar-refractivity contribution is 0.102. The van der Waals surface area contributed by atoms with E-state index >= 15 is 0 Å². The van der Waals surface area contributed by atoms with Crippen molar-refractivity contribution in [2.75, 3.05) is 5.32 Å². The van der Waals surface area contributed by atoms with Crippen LogP contribution in [0, 0.1) is 3.57 Å². The van der Waals surface area contributed by atoms with Crippen LogP contribution in [-0.4, -0.2) is 10.9 Å². The first-order chi connectivity index (χ1) is 8.15. The van der Waals surface area contributed by atoms with Crippen molar-refractivity contribution in [2.24, 2.45) is 0 Å². The van der Waals surface area contributed by atoms with Crippen LogP contribution in [0.2, 0.25) is 5.02 Å². The molecule has 0 atom stereocenters. The highest BCUT2D eigenvalue weighted by molar-refractivity contribution is 14.1. The topological polar surface area (TPSA) is 42.0 Å². The minimum absolute atomic E-state index is 0.198. The maximum atomic E-state index is 11.8. The SMILES string of the molecule is O=C(Nc1cc(Cl)ccn1)c1ccc(I)cc1. The van der Waals surface area contributed by atoms with Gasteiger partial charge in [0.15, 0.2) is 0 Å². The first kappa shape index (κ1) is 12.3. The molecule has 2 aromatic rings. The maximum absolute atomic E-state index is 11.8. The van der Waals surface area contributed by atoms with Crippen LogP contribution in [0.25, 0.3) is 0 Å². The molecular formula is C12H8ClIN2O. The summed E-state index contributed by atoms with van der Waals surface area (Å²) in [5.74, 6) is 0.247. The third-order valence-corrected chi connectivity index (χ3v) is 3.02. The summed E-state index contributed by atoms with van der Waals surface area (Å²) in [6.07, 6.45) is 1.55. The number of hydrogen-bond acceptors (Lipinski definition) is 2. The fourth-order valence-corrected chi connectivity index (χ4v) is 1.78. The van der Waals surface area contributed by atoms with E-state index in [1.54, 1.807) is 30.5 Å². The zero-order chi connectivity index (χ0) is 12.3. The number of carbonyl (C=O) groups excluding carboxylic acids is 1. The monoisotopic (exact) mass is 358 g/mol. The van der Waals surface area contributed by atoms with Gasteiger partial charge in [-0.3, -0.25) is 4.79 Å². The van der Waals surface area contributed by atoms with Gasteiger partial charge in [0.2, 0.25) is 0 Å². The smallest absolute Gasteiger partial charge is 0.256 e. The number of nitrogens with one attached hydrogen (secondary N) is 1. The average molecular weight is 359 g/mol. The van der Waals surface area contributed by atoms with Gasteiger partial charge < -0.3 is 5.32 Å². The Morgan fingerprint density at radius 2 is 1.94 bits per heavy atom. The highest BCUT2D eigenvalue weighted by Crippen LogP contribution is 2.13. The lowest BCUT2D eigenvalue weighted by Gasteiger charge is -2.04. The van der Waals surface area contributed by atoms with Crippen LogP contribution in [0.1, 0.15) is 10.4 Å². The van der Waals surface area contributed by atoms with E-state index in [0.29, 0.717) is 16.4 Å². The standard InChI is InChI=1S/C12H8ClIN2O/c13-9-5-6-15-11(7-9)16-12(17)8-1-3-10(14)4-2-8/h1-7H,(H,15,16,17). The molecule has 86 valence electrons. The Morgan fingerprint density at radius 3 is 2.59 bits per heavy atom. The molecular weight excluding hydrogens is 351 g/mol. The number of anilines is 1. The van der Waals surface area contributed by atoms with E-state index in [1.165, 1.54) is 0 Å². The lowest BCUT2D eigenvalue weighted by atomic mass is 10.2. The predicted octanol–water partition coefficient (Wildman–Crippen LogP) is 3.59. The zero-order valence-electron chi connectivity index (χ0n) is 8.65. The second-order valence-corrected chi connectivity index (χ2v) is 5.00. The molecule has 3 nitrogen and oxygen atoms in total. The Bertz CT molecular complexity index is 542. The molecule has 1 N–H and O–H groups in total. The zero-order valence-corrected chi connectivity index (χ0v) is 11.6. The summed E-state index contributed by atoms with van der Waals surface area (Å²) in [5.41, 5.74) is 0.590. The van der Waals surface area contributed by atoms with Gasteiger partial charge in [-0.05, 0) is 59.0 Å². The van der Waals surface area contributed by atoms with Crippen LogP contribution in [0.4, 0.5) is 5.82 Å². The molecule has 0 aliphatic heterocycles. The summed E-state index contributed by atoms with van der Waals surface area (Å²) >= 11 is 7.99. The number of rotatable bonds is 2. The fraction of sp³-hybridized carbons (Fsp3) is 0. The fourth-order valence-electron chi connectivity index (χ4n) is 1.26. The molecule has 1 amide bonds. The van der Waals surface area contributed by atoms with Crippen LogP contribution in [0.3, 0.4) is 0 Å². The first-order valence-corrected chi connectivity index (χ1v) is 6.29. The third kappa shape index (κ3) is 3.41. The number of nitrogens with zero attached hydrogens (tertiary/aromatic N) is 1. The van der Waals surface area contributed by atoms with E-state index in [2.05, 4.69) is 32.9 Å². The third-order valence-electron chi connectivity index (χ3n) is 2.07. The molecule has 1 heterocycles. The molecule has 0 aliphatic rings. The van der Waals surface area contributed by atoms with Crippen molar-refractivity contribution < 1.29 is 4.79 Å². The molecule has 5 heteroatoms. The van der Waals surface area contributed by atoms with Crippen LogP contribution in [0.15, 0.2) is 42.6 Å². The first-order valence-electron chi connectivity index (χ1n) is 4.83. The Kier molecular flexibility index (Phi) is 3.96. The maximum Gasteiger partial charge on any atom is 0.256 e. The molecule has 1 aromatic carbocycles. The summed E-state index contributed by atoms with van der Waals surface area (Å²) in [6.45, 7) is 0. The van der Waals surface area contributed by atoms with Gasteiger partial charge in [-0.15, -0.1) is 0 Å². The van der Waals surface area contributed by atoms with E-state index in [9.17, 15) is 4.79 Å². The highest BCUT2D eigenvalue weighted by atomic mass is 127. The molecule has 0 saturated carbocycles. The predicted molar refractivity (Wildman–Crippen MR) is 76.4 cm³/mol. The number of benzene rings is 1. The van der Waals surface area contributed by atoms with Gasteiger partial charge in [0.05, 0.1) is 0 Å². The van der Waals surface area contributed by atoms with Crippen molar-refractivity contribution in [3.05, 3.63) is 56.8 Å². The molecule has 0 saturated heterocycles. The van der Waals surface area contributed by atoms with Gasteiger partial charge in [0.25, 0.3) is 5.91 Å². The van der Waals surface area contributed by atoms with Crippen LogP contribution in [-0.2, 0) is 0 Å². The normalized spacial score (nSPS) is 10.0. The summed E-state index contributed by atoms with van der Waals surface area (Å²) in [4.78, 5) is 15.8. The number of pyridine rings is 1. The Labute approximate surface area is 117 Å². The molecule has 17 heavy (non-hydrogen) atoms. The van der Waals surface area contributed by atoms with Gasteiger partial charge >= 0.3 is 0 Å². The molecule has 0 spiro atoms. The molecule has 0 radical (unpaired) electrons. The van der Waals surface area contributed by atoms with Crippen molar-refractivity contribution in [1.82, 2.24) is 4.98 Å². The second-order valence-electron chi connectivity index (χ2n) is 3.32. The molecule has 2 rings (SSSR count). The van der Waals surface area contributed by atoms with Crippen molar-refractivity contribution in [1.29, 1.82) is 0 Å². The molecule has 1 aromatic heterocycles. The van der Waals surface area contributed by atoms with E-state index < -0.39 is 0 Å². The summed E-state index contributed by atoms with van der Waals surface area (Å²) in [5, 5.41) is 3.22. The average Bonchev–Trinajstić information content (AvgIpc) is 2.29. The highest BCUT2D eigenvalue weighted by Gasteiger charge is 2.06. The summed E-state index contributed by atoms with van der Waals surface area (Å²) < 4.78 is 1.08. The summed E-state index contributed by atoms with van der Waals surface area (Å²) in [7, 11) is 0. The Balaban J connectivity index is 2.14. The van der Waals surface area contributed by atoms with Crippen molar-refractivity contribution >= 4 is 45.9 Å². The largest absolute Gasteiger partial charge is 0.307 e. The van der Waals surface area contributed by atoms with Gasteiger partial charge in [-0.1, -0.05) is 11.6 Å². The molecule has 0 unspecified atom stereocenters. The Morgan fingerprint density at radius 1 is 1.24 bits per heavy atom. The minimum Gasteiger partial charge on any atom is -0.307 e. The van der Waals surface area contributed by atoms with Gasteiger partial charge in [0, 0.05) is 20.4 Å². The van der Waals surface area contributed by atoms with E-state index in [4.69, 9.17) is 11.6 Å². The lowest BCUT2D eigenvalue weighted by Crippen LogP contribution is -2.12. The number of amides is 1. The van der Waals surface area contributed by atoms with Crippen LogP contribution in [0.5, 0.6) is 0 Å². The van der Waals surface area contributed by atoms with E-state index in [1.807, 2.05) is 12.1 Å². The second kappa shape index (κ2) is 5.46. The van der Waals surface area contributed by atoms with E-state index in [-0.39, 0.29) is 5.91 Å². The van der Waals surface area contributed by atoms with Gasteiger partial charge in [0.1, 0.15) is 5.82 Å².